The highest BCUT2D eigenvalue weighted by molar-refractivity contribution is 7.99. The third-order valence-electron chi connectivity index (χ3n) is 4.03. The molecule has 4 aromatic rings. The van der Waals surface area contributed by atoms with Gasteiger partial charge in [-0.05, 0) is 37.3 Å². The first-order valence-electron chi connectivity index (χ1n) is 8.47. The van der Waals surface area contributed by atoms with Crippen LogP contribution in [-0.2, 0) is 0 Å². The van der Waals surface area contributed by atoms with Gasteiger partial charge in [0, 0.05) is 27.6 Å². The fraction of sp³-hybridized carbons (Fsp3) is 0.0500. The summed E-state index contributed by atoms with van der Waals surface area (Å²) in [5.41, 5.74) is 2.03. The number of nitro benzene ring substituents is 1. The number of rotatable bonds is 5. The fourth-order valence-electron chi connectivity index (χ4n) is 2.70. The lowest BCUT2D eigenvalue weighted by Gasteiger charge is -2.12. The number of nitrogens with one attached hydrogen (secondary N) is 1. The van der Waals surface area contributed by atoms with Gasteiger partial charge in [-0.15, -0.1) is 0 Å². The van der Waals surface area contributed by atoms with Crippen LogP contribution in [0.15, 0.2) is 76.8 Å². The lowest BCUT2D eigenvalue weighted by atomic mass is 10.2. The van der Waals surface area contributed by atoms with Gasteiger partial charge in [-0.2, -0.15) is 0 Å². The predicted octanol–water partition coefficient (Wildman–Crippen LogP) is 5.14. The molecule has 138 valence electrons. The van der Waals surface area contributed by atoms with E-state index in [2.05, 4.69) is 20.3 Å². The molecule has 0 radical (unpaired) electrons. The molecule has 28 heavy (non-hydrogen) atoms. The summed E-state index contributed by atoms with van der Waals surface area (Å²) >= 11 is 1.52. The third kappa shape index (κ3) is 3.77. The fourth-order valence-corrected chi connectivity index (χ4v) is 3.60. The van der Waals surface area contributed by atoms with Crippen molar-refractivity contribution in [3.05, 3.63) is 82.8 Å². The van der Waals surface area contributed by atoms with Crippen LogP contribution in [0.25, 0.3) is 11.0 Å². The molecule has 0 saturated heterocycles. The van der Waals surface area contributed by atoms with E-state index in [-0.39, 0.29) is 5.69 Å². The van der Waals surface area contributed by atoms with Crippen LogP contribution in [0.1, 0.15) is 5.69 Å². The summed E-state index contributed by atoms with van der Waals surface area (Å²) in [5, 5.41) is 15.2. The van der Waals surface area contributed by atoms with Crippen molar-refractivity contribution in [2.75, 3.05) is 5.32 Å². The standard InChI is InChI=1S/C20H15N5O2S/c1-13-7-9-16-19(23-13)21-12-22-20(16)24-17-11-14(25(26)27)8-10-18(17)28-15-5-3-2-4-6-15/h2-12H,1H3,(H,21,22,23,24). The van der Waals surface area contributed by atoms with Gasteiger partial charge in [0.2, 0.25) is 0 Å². The summed E-state index contributed by atoms with van der Waals surface area (Å²) in [7, 11) is 0. The molecular weight excluding hydrogens is 374 g/mol. The molecule has 4 rings (SSSR count). The summed E-state index contributed by atoms with van der Waals surface area (Å²) in [6, 6.07) is 18.3. The third-order valence-corrected chi connectivity index (χ3v) is 5.12. The number of anilines is 2. The summed E-state index contributed by atoms with van der Waals surface area (Å²) in [6.45, 7) is 1.89. The second kappa shape index (κ2) is 7.61. The number of non-ortho nitro benzene ring substituents is 1. The van der Waals surface area contributed by atoms with Crippen LogP contribution in [0.2, 0.25) is 0 Å². The first kappa shape index (κ1) is 17.9. The molecule has 0 spiro atoms. The second-order valence-electron chi connectivity index (χ2n) is 6.02. The summed E-state index contributed by atoms with van der Waals surface area (Å²) in [5.74, 6) is 0.549. The molecule has 1 N–H and O–H groups in total. The smallest absolute Gasteiger partial charge is 0.271 e. The Morgan fingerprint density at radius 2 is 1.86 bits per heavy atom. The minimum atomic E-state index is -0.412. The van der Waals surface area contributed by atoms with Gasteiger partial charge in [0.05, 0.1) is 16.0 Å². The maximum Gasteiger partial charge on any atom is 0.271 e. The summed E-state index contributed by atoms with van der Waals surface area (Å²) < 4.78 is 0. The topological polar surface area (TPSA) is 93.8 Å². The molecule has 0 unspecified atom stereocenters. The number of nitrogens with zero attached hydrogens (tertiary/aromatic N) is 4. The normalized spacial score (nSPS) is 10.8. The number of hydrogen-bond acceptors (Lipinski definition) is 7. The zero-order valence-corrected chi connectivity index (χ0v) is 15.7. The molecule has 0 bridgehead atoms. The first-order valence-corrected chi connectivity index (χ1v) is 9.28. The van der Waals surface area contributed by atoms with Crippen molar-refractivity contribution in [2.24, 2.45) is 0 Å². The maximum absolute atomic E-state index is 11.3. The molecule has 2 aromatic heterocycles. The Bertz CT molecular complexity index is 1170. The van der Waals surface area contributed by atoms with E-state index < -0.39 is 4.92 Å². The quantitative estimate of drug-likeness (QED) is 0.373. The number of pyridine rings is 1. The lowest BCUT2D eigenvalue weighted by molar-refractivity contribution is -0.384. The van der Waals surface area contributed by atoms with E-state index in [0.717, 1.165) is 20.9 Å². The average molecular weight is 389 g/mol. The van der Waals surface area contributed by atoms with Crippen molar-refractivity contribution >= 4 is 40.0 Å². The van der Waals surface area contributed by atoms with Crippen molar-refractivity contribution in [1.82, 2.24) is 15.0 Å². The number of aryl methyl sites for hydroxylation is 1. The molecule has 2 aromatic carbocycles. The molecule has 0 aliphatic carbocycles. The maximum atomic E-state index is 11.3. The monoisotopic (exact) mass is 389 g/mol. The first-order chi connectivity index (χ1) is 13.6. The highest BCUT2D eigenvalue weighted by Crippen LogP contribution is 2.37. The van der Waals surface area contributed by atoms with Gasteiger partial charge in [0.1, 0.15) is 12.1 Å². The molecule has 0 aliphatic rings. The van der Waals surface area contributed by atoms with Crippen molar-refractivity contribution in [3.8, 4) is 0 Å². The van der Waals surface area contributed by atoms with Gasteiger partial charge in [-0.3, -0.25) is 10.1 Å². The van der Waals surface area contributed by atoms with E-state index in [1.165, 1.54) is 30.2 Å². The largest absolute Gasteiger partial charge is 0.338 e. The highest BCUT2D eigenvalue weighted by Gasteiger charge is 2.14. The number of benzene rings is 2. The minimum Gasteiger partial charge on any atom is -0.338 e. The van der Waals surface area contributed by atoms with Gasteiger partial charge in [0.25, 0.3) is 5.69 Å². The van der Waals surface area contributed by atoms with E-state index >= 15 is 0 Å². The second-order valence-corrected chi connectivity index (χ2v) is 7.14. The summed E-state index contributed by atoms with van der Waals surface area (Å²) in [6.07, 6.45) is 1.43. The Morgan fingerprint density at radius 3 is 2.64 bits per heavy atom. The molecule has 7 nitrogen and oxygen atoms in total. The molecule has 0 aliphatic heterocycles. The van der Waals surface area contributed by atoms with Crippen LogP contribution in [0.4, 0.5) is 17.2 Å². The van der Waals surface area contributed by atoms with Crippen molar-refractivity contribution in [2.45, 2.75) is 16.7 Å². The van der Waals surface area contributed by atoms with Crippen molar-refractivity contribution in [3.63, 3.8) is 0 Å². The molecule has 8 heteroatoms. The van der Waals surface area contributed by atoms with Crippen LogP contribution in [-0.4, -0.2) is 19.9 Å². The van der Waals surface area contributed by atoms with Crippen LogP contribution in [0.3, 0.4) is 0 Å². The van der Waals surface area contributed by atoms with E-state index in [4.69, 9.17) is 0 Å². The zero-order chi connectivity index (χ0) is 19.5. The van der Waals surface area contributed by atoms with Crippen LogP contribution < -0.4 is 5.32 Å². The Hall–Kier alpha value is -3.52. The van der Waals surface area contributed by atoms with Crippen LogP contribution in [0.5, 0.6) is 0 Å². The van der Waals surface area contributed by atoms with Gasteiger partial charge < -0.3 is 5.32 Å². The van der Waals surface area contributed by atoms with E-state index in [1.807, 2.05) is 49.4 Å². The average Bonchev–Trinajstić information content (AvgIpc) is 2.70. The number of hydrogen-bond donors (Lipinski definition) is 1. The van der Waals surface area contributed by atoms with Gasteiger partial charge in [-0.1, -0.05) is 30.0 Å². The van der Waals surface area contributed by atoms with Crippen LogP contribution >= 0.6 is 11.8 Å². The summed E-state index contributed by atoms with van der Waals surface area (Å²) in [4.78, 5) is 25.7. The molecule has 2 heterocycles. The van der Waals surface area contributed by atoms with Gasteiger partial charge in [0.15, 0.2) is 5.65 Å². The minimum absolute atomic E-state index is 0.00671. The van der Waals surface area contributed by atoms with Gasteiger partial charge >= 0.3 is 0 Å². The van der Waals surface area contributed by atoms with Crippen molar-refractivity contribution in [1.29, 1.82) is 0 Å². The zero-order valence-electron chi connectivity index (χ0n) is 14.9. The Morgan fingerprint density at radius 1 is 1.04 bits per heavy atom. The van der Waals surface area contributed by atoms with E-state index in [0.29, 0.717) is 17.2 Å². The molecule has 0 saturated carbocycles. The van der Waals surface area contributed by atoms with E-state index in [9.17, 15) is 10.1 Å². The molecular formula is C20H15N5O2S. The van der Waals surface area contributed by atoms with Crippen LogP contribution in [0, 0.1) is 17.0 Å². The Labute approximate surface area is 165 Å². The number of aromatic nitrogens is 3. The Kier molecular flexibility index (Phi) is 4.86. The molecule has 0 amide bonds. The molecule has 0 atom stereocenters. The molecule has 0 fully saturated rings. The predicted molar refractivity (Wildman–Crippen MR) is 109 cm³/mol. The lowest BCUT2D eigenvalue weighted by Crippen LogP contribution is -2.00. The number of fused-ring (bicyclic) bond motifs is 1. The highest BCUT2D eigenvalue weighted by atomic mass is 32.2. The van der Waals surface area contributed by atoms with Crippen molar-refractivity contribution < 1.29 is 4.92 Å². The van der Waals surface area contributed by atoms with Gasteiger partial charge in [-0.25, -0.2) is 15.0 Å². The van der Waals surface area contributed by atoms with E-state index in [1.54, 1.807) is 6.07 Å². The number of nitro groups is 1. The Balaban J connectivity index is 1.77. The SMILES string of the molecule is Cc1ccc2c(Nc3cc([N+](=O)[O-])ccc3Sc3ccccc3)ncnc2n1.